The van der Waals surface area contributed by atoms with Gasteiger partial charge < -0.3 is 10.1 Å². The van der Waals surface area contributed by atoms with Gasteiger partial charge in [-0.3, -0.25) is 0 Å². The molecule has 0 saturated carbocycles. The predicted octanol–water partition coefficient (Wildman–Crippen LogP) is 3.14. The van der Waals surface area contributed by atoms with E-state index in [1.807, 2.05) is 6.07 Å². The number of ether oxygens (including phenoxy) is 1. The van der Waals surface area contributed by atoms with E-state index in [0.29, 0.717) is 12.2 Å². The Labute approximate surface area is 119 Å². The number of anilines is 1. The quantitative estimate of drug-likeness (QED) is 0.924. The van der Waals surface area contributed by atoms with E-state index in [1.54, 1.807) is 12.1 Å². The molecule has 0 bridgehead atoms. The number of nitrogens with one attached hydrogen (secondary N) is 1. The minimum absolute atomic E-state index is 0.129. The van der Waals surface area contributed by atoms with Crippen molar-refractivity contribution in [1.82, 2.24) is 9.97 Å². The first-order chi connectivity index (χ1) is 9.97. The molecule has 1 N–H and O–H groups in total. The molecule has 1 aromatic carbocycles. The van der Waals surface area contributed by atoms with Crippen LogP contribution in [0.15, 0.2) is 24.3 Å². The molecular formula is C14H12F3N3O. The molecule has 0 spiro atoms. The van der Waals surface area contributed by atoms with Gasteiger partial charge in [0.15, 0.2) is 0 Å². The number of rotatable bonds is 2. The summed E-state index contributed by atoms with van der Waals surface area (Å²) >= 11 is 0. The third-order valence-electron chi connectivity index (χ3n) is 3.22. The predicted molar refractivity (Wildman–Crippen MR) is 71.2 cm³/mol. The summed E-state index contributed by atoms with van der Waals surface area (Å²) in [5, 5.41) is 2.63. The van der Waals surface area contributed by atoms with Gasteiger partial charge >= 0.3 is 6.18 Å². The van der Waals surface area contributed by atoms with E-state index in [2.05, 4.69) is 15.3 Å². The Bertz CT molecular complexity index is 686. The number of fused-ring (bicyclic) bond motifs is 1. The highest BCUT2D eigenvalue weighted by Crippen LogP contribution is 2.33. The summed E-state index contributed by atoms with van der Waals surface area (Å²) < 4.78 is 43.9. The monoisotopic (exact) mass is 295 g/mol. The summed E-state index contributed by atoms with van der Waals surface area (Å²) in [7, 11) is 1.52. The maximum atomic E-state index is 12.8. The number of benzene rings is 1. The van der Waals surface area contributed by atoms with Crippen molar-refractivity contribution in [2.24, 2.45) is 0 Å². The Kier molecular flexibility index (Phi) is 3.19. The van der Waals surface area contributed by atoms with E-state index < -0.39 is 12.0 Å². The van der Waals surface area contributed by atoms with Gasteiger partial charge in [0.05, 0.1) is 12.3 Å². The number of alkyl halides is 3. The van der Waals surface area contributed by atoms with Crippen LogP contribution in [0.25, 0.3) is 11.3 Å². The number of hydrogen-bond acceptors (Lipinski definition) is 4. The zero-order chi connectivity index (χ0) is 15.0. The molecule has 1 aliphatic rings. The lowest BCUT2D eigenvalue weighted by Crippen LogP contribution is -2.13. The highest BCUT2D eigenvalue weighted by atomic mass is 19.4. The van der Waals surface area contributed by atoms with Crippen LogP contribution in [0.2, 0.25) is 0 Å². The normalized spacial score (nSPS) is 13.7. The van der Waals surface area contributed by atoms with Crippen molar-refractivity contribution >= 4 is 5.82 Å². The minimum Gasteiger partial charge on any atom is -0.493 e. The largest absolute Gasteiger partial charge is 0.493 e. The van der Waals surface area contributed by atoms with Crippen molar-refractivity contribution in [1.29, 1.82) is 0 Å². The molecule has 0 radical (unpaired) electrons. The zero-order valence-electron chi connectivity index (χ0n) is 11.2. The van der Waals surface area contributed by atoms with Gasteiger partial charge in [0.25, 0.3) is 0 Å². The summed E-state index contributed by atoms with van der Waals surface area (Å²) in [6.07, 6.45) is -3.83. The van der Waals surface area contributed by atoms with Gasteiger partial charge in [-0.2, -0.15) is 13.2 Å². The number of nitrogens with zero attached hydrogens (tertiary/aromatic N) is 2. The lowest BCUT2D eigenvalue weighted by molar-refractivity contribution is -0.144. The average molecular weight is 295 g/mol. The van der Waals surface area contributed by atoms with Crippen LogP contribution in [0.1, 0.15) is 11.4 Å². The van der Waals surface area contributed by atoms with E-state index in [4.69, 9.17) is 4.74 Å². The molecule has 7 heteroatoms. The van der Waals surface area contributed by atoms with Gasteiger partial charge in [0.1, 0.15) is 11.6 Å². The van der Waals surface area contributed by atoms with Crippen LogP contribution in [0.3, 0.4) is 0 Å². The van der Waals surface area contributed by atoms with Crippen LogP contribution >= 0.6 is 0 Å². The molecule has 0 atom stereocenters. The van der Waals surface area contributed by atoms with E-state index in [9.17, 15) is 13.2 Å². The summed E-state index contributed by atoms with van der Waals surface area (Å²) in [6.45, 7) is 0.595. The zero-order valence-corrected chi connectivity index (χ0v) is 11.2. The van der Waals surface area contributed by atoms with Crippen LogP contribution in [0.5, 0.6) is 5.75 Å². The van der Waals surface area contributed by atoms with E-state index >= 15 is 0 Å². The molecule has 0 fully saturated rings. The van der Waals surface area contributed by atoms with E-state index in [1.165, 1.54) is 13.1 Å². The Morgan fingerprint density at radius 2 is 2.00 bits per heavy atom. The summed E-state index contributed by atoms with van der Waals surface area (Å²) in [6, 6.07) is 6.76. The fourth-order valence-corrected chi connectivity index (χ4v) is 2.20. The molecule has 0 unspecified atom stereocenters. The van der Waals surface area contributed by atoms with E-state index in [0.717, 1.165) is 17.7 Å². The fraction of sp³-hybridized carbons (Fsp3) is 0.286. The smallest absolute Gasteiger partial charge is 0.451 e. The SMILES string of the molecule is CNc1cc(-c2ccc3c(c2)CCO3)nc(C(F)(F)F)n1. The number of halogens is 3. The van der Waals surface area contributed by atoms with Gasteiger partial charge in [-0.1, -0.05) is 0 Å². The van der Waals surface area contributed by atoms with E-state index in [-0.39, 0.29) is 11.5 Å². The lowest BCUT2D eigenvalue weighted by Gasteiger charge is -2.10. The first-order valence-corrected chi connectivity index (χ1v) is 6.37. The maximum Gasteiger partial charge on any atom is 0.451 e. The molecule has 21 heavy (non-hydrogen) atoms. The number of aromatic nitrogens is 2. The van der Waals surface area contributed by atoms with Crippen molar-refractivity contribution in [3.8, 4) is 17.0 Å². The Morgan fingerprint density at radius 3 is 2.71 bits per heavy atom. The van der Waals surface area contributed by atoms with Crippen molar-refractivity contribution in [3.63, 3.8) is 0 Å². The lowest BCUT2D eigenvalue weighted by atomic mass is 10.1. The number of hydrogen-bond donors (Lipinski definition) is 1. The highest BCUT2D eigenvalue weighted by Gasteiger charge is 2.35. The molecule has 1 aliphatic heterocycles. The van der Waals surface area contributed by atoms with Crippen LogP contribution in [0, 0.1) is 0 Å². The van der Waals surface area contributed by atoms with Crippen molar-refractivity contribution < 1.29 is 17.9 Å². The second-order valence-electron chi connectivity index (χ2n) is 4.63. The minimum atomic E-state index is -4.58. The van der Waals surface area contributed by atoms with Crippen LogP contribution < -0.4 is 10.1 Å². The first kappa shape index (κ1) is 13.7. The van der Waals surface area contributed by atoms with Gasteiger partial charge in [0.2, 0.25) is 5.82 Å². The van der Waals surface area contributed by atoms with Crippen LogP contribution in [-0.2, 0) is 12.6 Å². The topological polar surface area (TPSA) is 47.0 Å². The maximum absolute atomic E-state index is 12.8. The molecule has 2 heterocycles. The molecule has 0 saturated heterocycles. The molecule has 3 rings (SSSR count). The average Bonchev–Trinajstić information content (AvgIpc) is 2.93. The molecule has 2 aromatic rings. The Morgan fingerprint density at radius 1 is 1.19 bits per heavy atom. The summed E-state index contributed by atoms with van der Waals surface area (Å²) in [5.41, 5.74) is 1.82. The molecular weight excluding hydrogens is 283 g/mol. The summed E-state index contributed by atoms with van der Waals surface area (Å²) in [5.74, 6) is -0.247. The molecule has 0 aliphatic carbocycles. The van der Waals surface area contributed by atoms with Crippen LogP contribution in [-0.4, -0.2) is 23.6 Å². The first-order valence-electron chi connectivity index (χ1n) is 6.37. The fourth-order valence-electron chi connectivity index (χ4n) is 2.20. The molecule has 4 nitrogen and oxygen atoms in total. The highest BCUT2D eigenvalue weighted by molar-refractivity contribution is 5.65. The molecule has 1 aromatic heterocycles. The molecule has 110 valence electrons. The van der Waals surface area contributed by atoms with Gasteiger partial charge in [-0.15, -0.1) is 0 Å². The van der Waals surface area contributed by atoms with Crippen molar-refractivity contribution in [2.45, 2.75) is 12.6 Å². The van der Waals surface area contributed by atoms with Gasteiger partial charge in [-0.25, -0.2) is 9.97 Å². The second-order valence-corrected chi connectivity index (χ2v) is 4.63. The second kappa shape index (κ2) is 4.91. The van der Waals surface area contributed by atoms with Crippen LogP contribution in [0.4, 0.5) is 19.0 Å². The standard InChI is InChI=1S/C14H12F3N3O/c1-18-12-7-10(19-13(20-12)14(15,16)17)8-2-3-11-9(6-8)4-5-21-11/h2-3,6-7H,4-5H2,1H3,(H,18,19,20). The van der Waals surface area contributed by atoms with Gasteiger partial charge in [-0.05, 0) is 23.8 Å². The summed E-state index contributed by atoms with van der Waals surface area (Å²) in [4.78, 5) is 7.08. The van der Waals surface area contributed by atoms with Crippen molar-refractivity contribution in [2.75, 3.05) is 19.0 Å². The Balaban J connectivity index is 2.09. The Hall–Kier alpha value is -2.31. The van der Waals surface area contributed by atoms with Crippen molar-refractivity contribution in [3.05, 3.63) is 35.7 Å². The molecule has 0 amide bonds. The third kappa shape index (κ3) is 2.63. The third-order valence-corrected chi connectivity index (χ3v) is 3.22. The van der Waals surface area contributed by atoms with Gasteiger partial charge in [0, 0.05) is 25.1 Å².